The second-order valence-corrected chi connectivity index (χ2v) is 4.82. The van der Waals surface area contributed by atoms with Crippen LogP contribution in [0.25, 0.3) is 0 Å². The molecule has 0 saturated heterocycles. The van der Waals surface area contributed by atoms with Gasteiger partial charge in [0, 0.05) is 36.3 Å². The van der Waals surface area contributed by atoms with E-state index >= 15 is 0 Å². The zero-order valence-electron chi connectivity index (χ0n) is 10.0. The van der Waals surface area contributed by atoms with Gasteiger partial charge in [0.05, 0.1) is 6.10 Å². The fourth-order valence-corrected chi connectivity index (χ4v) is 2.05. The van der Waals surface area contributed by atoms with Crippen molar-refractivity contribution >= 4 is 23.2 Å². The highest BCUT2D eigenvalue weighted by molar-refractivity contribution is 6.34. The van der Waals surface area contributed by atoms with Gasteiger partial charge in [0.25, 0.3) is 0 Å². The van der Waals surface area contributed by atoms with Crippen molar-refractivity contribution < 1.29 is 4.74 Å². The number of halogens is 2. The fraction of sp³-hybridized carbons (Fsp3) is 0.500. The topological polar surface area (TPSA) is 47.3 Å². The largest absolute Gasteiger partial charge is 0.380 e. The molecule has 0 aromatic heterocycles. The Morgan fingerprint density at radius 3 is 2.35 bits per heavy atom. The lowest BCUT2D eigenvalue weighted by molar-refractivity contribution is 0.114. The maximum atomic E-state index is 5.96. The molecule has 5 heteroatoms. The van der Waals surface area contributed by atoms with Crippen molar-refractivity contribution in [2.24, 2.45) is 5.73 Å². The summed E-state index contributed by atoms with van der Waals surface area (Å²) in [6.07, 6.45) is 0.138. The highest BCUT2D eigenvalue weighted by atomic mass is 35.5. The Hall–Kier alpha value is -0.320. The van der Waals surface area contributed by atoms with E-state index < -0.39 is 0 Å². The molecule has 0 amide bonds. The molecule has 0 spiro atoms. The summed E-state index contributed by atoms with van der Waals surface area (Å²) in [7, 11) is 1.68. The van der Waals surface area contributed by atoms with Crippen LogP contribution in [0.15, 0.2) is 18.2 Å². The number of nitrogens with two attached hydrogens (primary N) is 1. The molecular weight excluding hydrogens is 259 g/mol. The lowest BCUT2D eigenvalue weighted by Gasteiger charge is -2.20. The third-order valence-corrected chi connectivity index (χ3v) is 3.01. The van der Waals surface area contributed by atoms with Gasteiger partial charge in [-0.25, -0.2) is 0 Å². The SMILES string of the molecule is COC(C)CNC(CN)c1cc(Cl)cc(Cl)c1. The number of hydrogen-bond acceptors (Lipinski definition) is 3. The van der Waals surface area contributed by atoms with E-state index in [-0.39, 0.29) is 12.1 Å². The van der Waals surface area contributed by atoms with Crippen molar-refractivity contribution in [3.8, 4) is 0 Å². The van der Waals surface area contributed by atoms with Crippen molar-refractivity contribution in [2.75, 3.05) is 20.2 Å². The Bertz CT molecular complexity index is 340. The molecule has 3 nitrogen and oxygen atoms in total. The first kappa shape index (κ1) is 14.7. The molecule has 0 radical (unpaired) electrons. The van der Waals surface area contributed by atoms with E-state index in [1.165, 1.54) is 0 Å². The Balaban J connectivity index is 2.72. The summed E-state index contributed by atoms with van der Waals surface area (Å²) in [6, 6.07) is 5.48. The number of nitrogens with one attached hydrogen (secondary N) is 1. The van der Waals surface area contributed by atoms with Crippen molar-refractivity contribution in [3.63, 3.8) is 0 Å². The first-order valence-electron chi connectivity index (χ1n) is 5.49. The number of ether oxygens (including phenoxy) is 1. The smallest absolute Gasteiger partial charge is 0.0667 e. The van der Waals surface area contributed by atoms with Crippen LogP contribution in [-0.4, -0.2) is 26.3 Å². The zero-order chi connectivity index (χ0) is 12.8. The van der Waals surface area contributed by atoms with Gasteiger partial charge in [0.1, 0.15) is 0 Å². The minimum absolute atomic E-state index is 0.0313. The Kier molecular flexibility index (Phi) is 6.23. The van der Waals surface area contributed by atoms with Crippen LogP contribution in [0, 0.1) is 0 Å². The Morgan fingerprint density at radius 1 is 1.29 bits per heavy atom. The van der Waals surface area contributed by atoms with E-state index in [0.29, 0.717) is 16.6 Å². The Morgan fingerprint density at radius 2 is 1.88 bits per heavy atom. The predicted octanol–water partition coefficient (Wildman–Crippen LogP) is 2.62. The molecule has 1 aromatic rings. The summed E-state index contributed by atoms with van der Waals surface area (Å²) in [4.78, 5) is 0. The van der Waals surface area contributed by atoms with Gasteiger partial charge >= 0.3 is 0 Å². The molecule has 1 rings (SSSR count). The third-order valence-electron chi connectivity index (χ3n) is 2.58. The van der Waals surface area contributed by atoms with Gasteiger partial charge < -0.3 is 15.8 Å². The van der Waals surface area contributed by atoms with Crippen molar-refractivity contribution in [1.82, 2.24) is 5.32 Å². The average molecular weight is 277 g/mol. The van der Waals surface area contributed by atoms with Crippen molar-refractivity contribution in [3.05, 3.63) is 33.8 Å². The highest BCUT2D eigenvalue weighted by Crippen LogP contribution is 2.23. The second-order valence-electron chi connectivity index (χ2n) is 3.95. The highest BCUT2D eigenvalue weighted by Gasteiger charge is 2.12. The van der Waals surface area contributed by atoms with Crippen molar-refractivity contribution in [2.45, 2.75) is 19.1 Å². The van der Waals surface area contributed by atoms with Gasteiger partial charge in [-0.05, 0) is 30.7 Å². The number of benzene rings is 1. The van der Waals surface area contributed by atoms with Crippen LogP contribution in [0.1, 0.15) is 18.5 Å². The zero-order valence-corrected chi connectivity index (χ0v) is 11.6. The van der Waals surface area contributed by atoms with Gasteiger partial charge in [0.2, 0.25) is 0 Å². The van der Waals surface area contributed by atoms with E-state index in [9.17, 15) is 0 Å². The van der Waals surface area contributed by atoms with E-state index in [2.05, 4.69) is 5.32 Å². The Labute approximate surface area is 112 Å². The first-order valence-corrected chi connectivity index (χ1v) is 6.24. The standard InChI is InChI=1S/C12H18Cl2N2O/c1-8(17-2)7-16-12(6-15)9-3-10(13)5-11(14)4-9/h3-5,8,12,16H,6-7,15H2,1-2H3. The molecule has 0 aliphatic heterocycles. The van der Waals surface area contributed by atoms with E-state index in [4.69, 9.17) is 33.7 Å². The molecule has 0 aliphatic carbocycles. The van der Waals surface area contributed by atoms with Gasteiger partial charge in [-0.1, -0.05) is 23.2 Å². The molecule has 0 aliphatic rings. The monoisotopic (exact) mass is 276 g/mol. The van der Waals surface area contributed by atoms with Gasteiger partial charge in [-0.2, -0.15) is 0 Å². The third kappa shape index (κ3) is 4.82. The summed E-state index contributed by atoms with van der Waals surface area (Å²) in [5.74, 6) is 0. The summed E-state index contributed by atoms with van der Waals surface area (Å²) >= 11 is 11.9. The van der Waals surface area contributed by atoms with Gasteiger partial charge in [0.15, 0.2) is 0 Å². The molecule has 2 atom stereocenters. The second kappa shape index (κ2) is 7.19. The van der Waals surface area contributed by atoms with E-state index in [1.807, 2.05) is 19.1 Å². The summed E-state index contributed by atoms with van der Waals surface area (Å²) in [6.45, 7) is 3.20. The summed E-state index contributed by atoms with van der Waals surface area (Å²) < 4.78 is 5.17. The van der Waals surface area contributed by atoms with Crippen LogP contribution in [0.2, 0.25) is 10.0 Å². The molecule has 3 N–H and O–H groups in total. The number of hydrogen-bond donors (Lipinski definition) is 2. The predicted molar refractivity (Wildman–Crippen MR) is 72.7 cm³/mol. The lowest BCUT2D eigenvalue weighted by Crippen LogP contribution is -2.34. The minimum Gasteiger partial charge on any atom is -0.380 e. The maximum Gasteiger partial charge on any atom is 0.0667 e. The molecule has 1 aromatic carbocycles. The number of rotatable bonds is 6. The maximum absolute atomic E-state index is 5.96. The molecule has 0 heterocycles. The minimum atomic E-state index is 0.0313. The van der Waals surface area contributed by atoms with Gasteiger partial charge in [-0.3, -0.25) is 0 Å². The van der Waals surface area contributed by atoms with Crippen LogP contribution in [-0.2, 0) is 4.74 Å². The van der Waals surface area contributed by atoms with Crippen LogP contribution in [0.5, 0.6) is 0 Å². The molecular formula is C12H18Cl2N2O. The normalized spacial score (nSPS) is 14.6. The quantitative estimate of drug-likeness (QED) is 0.840. The first-order chi connectivity index (χ1) is 8.06. The molecule has 17 heavy (non-hydrogen) atoms. The average Bonchev–Trinajstić information content (AvgIpc) is 2.28. The number of methoxy groups -OCH3 is 1. The molecule has 2 unspecified atom stereocenters. The van der Waals surface area contributed by atoms with Crippen molar-refractivity contribution in [1.29, 1.82) is 0 Å². The van der Waals surface area contributed by atoms with Gasteiger partial charge in [-0.15, -0.1) is 0 Å². The molecule has 0 bridgehead atoms. The van der Waals surface area contributed by atoms with Crippen LogP contribution >= 0.6 is 23.2 Å². The lowest BCUT2D eigenvalue weighted by atomic mass is 10.1. The molecule has 0 saturated carbocycles. The molecule has 0 fully saturated rings. The van der Waals surface area contributed by atoms with Crippen LogP contribution in [0.3, 0.4) is 0 Å². The van der Waals surface area contributed by atoms with Crippen LogP contribution in [0.4, 0.5) is 0 Å². The van der Waals surface area contributed by atoms with E-state index in [0.717, 1.165) is 12.1 Å². The molecule has 96 valence electrons. The van der Waals surface area contributed by atoms with Crippen LogP contribution < -0.4 is 11.1 Å². The fourth-order valence-electron chi connectivity index (χ4n) is 1.51. The summed E-state index contributed by atoms with van der Waals surface area (Å²) in [5, 5.41) is 4.56. The summed E-state index contributed by atoms with van der Waals surface area (Å²) in [5.41, 5.74) is 6.74. The van der Waals surface area contributed by atoms with E-state index in [1.54, 1.807) is 13.2 Å².